The third-order valence-corrected chi connectivity index (χ3v) is 5.86. The van der Waals surface area contributed by atoms with Gasteiger partial charge in [0.25, 0.3) is 0 Å². The summed E-state index contributed by atoms with van der Waals surface area (Å²) in [6.07, 6.45) is 2.75. The monoisotopic (exact) mass is 397 g/mol. The third kappa shape index (κ3) is 3.98. The van der Waals surface area contributed by atoms with Gasteiger partial charge in [-0.25, -0.2) is 17.6 Å². The number of aromatic nitrogens is 2. The summed E-state index contributed by atoms with van der Waals surface area (Å²) in [4.78, 5) is 18.7. The highest BCUT2D eigenvalue weighted by molar-refractivity contribution is 7.89. The highest BCUT2D eigenvalue weighted by Crippen LogP contribution is 2.25. The van der Waals surface area contributed by atoms with E-state index in [0.717, 1.165) is 22.5 Å². The molecule has 11 heteroatoms. The standard InChI is InChI=1S/C16H16FN3O6S/c1-25-14-7-18-8-15(19-14)26-10-4-5-20(9-10)27(23,24)11-2-3-13(17)12(6-11)16(21)22/h2-3,6-8,10H,4-5,9H2,1H3,(H,21,22)/t10-/m1/s1. The van der Waals surface area contributed by atoms with E-state index >= 15 is 0 Å². The largest absolute Gasteiger partial charge is 0.480 e. The number of methoxy groups -OCH3 is 1. The zero-order valence-corrected chi connectivity index (χ0v) is 15.0. The van der Waals surface area contributed by atoms with Crippen molar-refractivity contribution in [2.75, 3.05) is 20.2 Å². The number of halogens is 1. The second-order valence-electron chi connectivity index (χ2n) is 5.74. The van der Waals surface area contributed by atoms with E-state index in [2.05, 4.69) is 9.97 Å². The van der Waals surface area contributed by atoms with Gasteiger partial charge >= 0.3 is 5.97 Å². The Kier molecular flexibility index (Phi) is 5.24. The summed E-state index contributed by atoms with van der Waals surface area (Å²) in [5.41, 5.74) is -0.699. The van der Waals surface area contributed by atoms with Crippen LogP contribution >= 0.6 is 0 Å². The summed E-state index contributed by atoms with van der Waals surface area (Å²) < 4.78 is 50.7. The molecule has 1 aromatic carbocycles. The summed E-state index contributed by atoms with van der Waals surface area (Å²) in [6, 6.07) is 2.68. The summed E-state index contributed by atoms with van der Waals surface area (Å²) in [5, 5.41) is 8.98. The second-order valence-corrected chi connectivity index (χ2v) is 7.68. The average Bonchev–Trinajstić information content (AvgIpc) is 3.11. The lowest BCUT2D eigenvalue weighted by atomic mass is 10.2. The molecular formula is C16H16FN3O6S. The van der Waals surface area contributed by atoms with E-state index in [4.69, 9.17) is 14.6 Å². The Morgan fingerprint density at radius 3 is 2.78 bits per heavy atom. The molecular weight excluding hydrogens is 381 g/mol. The molecule has 1 aromatic heterocycles. The Bertz CT molecular complexity index is 968. The van der Waals surface area contributed by atoms with Crippen LogP contribution in [0.3, 0.4) is 0 Å². The van der Waals surface area contributed by atoms with Crippen molar-refractivity contribution in [3.8, 4) is 11.8 Å². The van der Waals surface area contributed by atoms with E-state index in [0.29, 0.717) is 6.42 Å². The van der Waals surface area contributed by atoms with Gasteiger partial charge in [-0.3, -0.25) is 4.98 Å². The fraction of sp³-hybridized carbons (Fsp3) is 0.312. The lowest BCUT2D eigenvalue weighted by Gasteiger charge is -2.17. The quantitative estimate of drug-likeness (QED) is 0.771. The molecule has 0 saturated carbocycles. The maximum Gasteiger partial charge on any atom is 0.338 e. The third-order valence-electron chi connectivity index (χ3n) is 4.00. The van der Waals surface area contributed by atoms with Crippen molar-refractivity contribution < 1.29 is 32.2 Å². The van der Waals surface area contributed by atoms with Crippen LogP contribution in [-0.2, 0) is 10.0 Å². The number of carbonyl (C=O) groups is 1. The van der Waals surface area contributed by atoms with Gasteiger partial charge in [-0.1, -0.05) is 0 Å². The van der Waals surface area contributed by atoms with E-state index in [-0.39, 0.29) is 29.7 Å². The highest BCUT2D eigenvalue weighted by Gasteiger charge is 2.34. The fourth-order valence-corrected chi connectivity index (χ4v) is 4.16. The summed E-state index contributed by atoms with van der Waals surface area (Å²) in [5.74, 6) is -2.07. The highest BCUT2D eigenvalue weighted by atomic mass is 32.2. The molecule has 1 N–H and O–H groups in total. The molecule has 144 valence electrons. The zero-order chi connectivity index (χ0) is 19.6. The number of hydrogen-bond donors (Lipinski definition) is 1. The SMILES string of the molecule is COc1cncc(O[C@@H]2CCN(S(=O)(=O)c3ccc(F)c(C(=O)O)c3)C2)n1. The molecule has 1 fully saturated rings. The minimum Gasteiger partial charge on any atom is -0.480 e. The zero-order valence-electron chi connectivity index (χ0n) is 14.2. The molecule has 0 amide bonds. The minimum atomic E-state index is -3.99. The van der Waals surface area contributed by atoms with Crippen molar-refractivity contribution in [1.82, 2.24) is 14.3 Å². The van der Waals surface area contributed by atoms with Crippen LogP contribution in [0.2, 0.25) is 0 Å². The number of hydrogen-bond acceptors (Lipinski definition) is 7. The number of benzene rings is 1. The average molecular weight is 397 g/mol. The fourth-order valence-electron chi connectivity index (χ4n) is 2.65. The molecule has 0 unspecified atom stereocenters. The number of nitrogens with zero attached hydrogens (tertiary/aromatic N) is 3. The van der Waals surface area contributed by atoms with Crippen LogP contribution < -0.4 is 9.47 Å². The molecule has 1 saturated heterocycles. The number of sulfonamides is 1. The van der Waals surface area contributed by atoms with E-state index < -0.39 is 33.5 Å². The van der Waals surface area contributed by atoms with Gasteiger partial charge < -0.3 is 14.6 Å². The molecule has 27 heavy (non-hydrogen) atoms. The molecule has 1 aliphatic heterocycles. The van der Waals surface area contributed by atoms with E-state index in [1.165, 1.54) is 19.5 Å². The number of aromatic carboxylic acids is 1. The maximum absolute atomic E-state index is 13.5. The van der Waals surface area contributed by atoms with Crippen molar-refractivity contribution in [2.24, 2.45) is 0 Å². The molecule has 3 rings (SSSR count). The summed E-state index contributed by atoms with van der Waals surface area (Å²) in [6.45, 7) is 0.213. The first-order valence-corrected chi connectivity index (χ1v) is 9.31. The van der Waals surface area contributed by atoms with Gasteiger partial charge in [-0.05, 0) is 24.6 Å². The molecule has 2 aromatic rings. The number of rotatable bonds is 6. The van der Waals surface area contributed by atoms with Crippen molar-refractivity contribution in [1.29, 1.82) is 0 Å². The first kappa shape index (κ1) is 19.0. The molecule has 1 aliphatic rings. The predicted molar refractivity (Wildman–Crippen MR) is 89.7 cm³/mol. The Morgan fingerprint density at radius 2 is 2.07 bits per heavy atom. The Labute approximate surface area is 154 Å². The van der Waals surface area contributed by atoms with Crippen LogP contribution in [0.15, 0.2) is 35.5 Å². The van der Waals surface area contributed by atoms with Crippen LogP contribution in [0.4, 0.5) is 4.39 Å². The van der Waals surface area contributed by atoms with Gasteiger partial charge in [0, 0.05) is 6.54 Å². The van der Waals surface area contributed by atoms with Crippen LogP contribution in [0.1, 0.15) is 16.8 Å². The molecule has 0 radical (unpaired) electrons. The lowest BCUT2D eigenvalue weighted by Crippen LogP contribution is -2.31. The van der Waals surface area contributed by atoms with E-state index in [1.807, 2.05) is 0 Å². The van der Waals surface area contributed by atoms with Crippen molar-refractivity contribution in [2.45, 2.75) is 17.4 Å². The van der Waals surface area contributed by atoms with Crippen LogP contribution in [0.25, 0.3) is 0 Å². The molecule has 0 bridgehead atoms. The number of carboxylic acid groups (broad SMARTS) is 1. The van der Waals surface area contributed by atoms with Gasteiger partial charge in [0.1, 0.15) is 11.9 Å². The minimum absolute atomic E-state index is 0.0427. The normalized spacial score (nSPS) is 17.6. The van der Waals surface area contributed by atoms with E-state index in [1.54, 1.807) is 0 Å². The molecule has 0 spiro atoms. The first-order chi connectivity index (χ1) is 12.8. The van der Waals surface area contributed by atoms with Gasteiger partial charge in [-0.2, -0.15) is 9.29 Å². The first-order valence-electron chi connectivity index (χ1n) is 7.87. The van der Waals surface area contributed by atoms with Crippen LogP contribution in [0, 0.1) is 5.82 Å². The van der Waals surface area contributed by atoms with Gasteiger partial charge in [0.2, 0.25) is 21.8 Å². The maximum atomic E-state index is 13.5. The molecule has 9 nitrogen and oxygen atoms in total. The Morgan fingerprint density at radius 1 is 1.33 bits per heavy atom. The molecule has 2 heterocycles. The smallest absolute Gasteiger partial charge is 0.338 e. The molecule has 1 atom stereocenters. The Balaban J connectivity index is 1.75. The van der Waals surface area contributed by atoms with Crippen molar-refractivity contribution in [3.05, 3.63) is 42.0 Å². The van der Waals surface area contributed by atoms with Gasteiger partial charge in [0.05, 0.1) is 36.5 Å². The second kappa shape index (κ2) is 7.45. The topological polar surface area (TPSA) is 119 Å². The number of carboxylic acids is 1. The van der Waals surface area contributed by atoms with Crippen molar-refractivity contribution in [3.63, 3.8) is 0 Å². The van der Waals surface area contributed by atoms with Gasteiger partial charge in [-0.15, -0.1) is 0 Å². The van der Waals surface area contributed by atoms with Crippen LogP contribution in [0.5, 0.6) is 11.8 Å². The summed E-state index contributed by atoms with van der Waals surface area (Å²) >= 11 is 0. The van der Waals surface area contributed by atoms with Crippen LogP contribution in [-0.4, -0.2) is 60.1 Å². The summed E-state index contributed by atoms with van der Waals surface area (Å²) in [7, 11) is -2.55. The predicted octanol–water partition coefficient (Wildman–Crippen LogP) is 1.16. The molecule has 0 aliphatic carbocycles. The Hall–Kier alpha value is -2.79. The number of ether oxygens (including phenoxy) is 2. The van der Waals surface area contributed by atoms with Crippen molar-refractivity contribution >= 4 is 16.0 Å². The van der Waals surface area contributed by atoms with Gasteiger partial charge in [0.15, 0.2) is 0 Å². The van der Waals surface area contributed by atoms with E-state index in [9.17, 15) is 17.6 Å². The lowest BCUT2D eigenvalue weighted by molar-refractivity contribution is 0.0691.